The van der Waals surface area contributed by atoms with Crippen molar-refractivity contribution >= 4 is 11.6 Å². The molecule has 1 aliphatic rings. The maximum Gasteiger partial charge on any atom is 0.573 e. The molecule has 1 aromatic rings. The fourth-order valence-electron chi connectivity index (χ4n) is 2.98. The first-order chi connectivity index (χ1) is 9.73. The van der Waals surface area contributed by atoms with E-state index in [2.05, 4.69) is 10.1 Å². The van der Waals surface area contributed by atoms with E-state index < -0.39 is 12.3 Å². The number of anilines is 1. The van der Waals surface area contributed by atoms with E-state index in [0.717, 1.165) is 6.42 Å². The minimum atomic E-state index is -4.73. The summed E-state index contributed by atoms with van der Waals surface area (Å²) in [5, 5.41) is 2.73. The molecule has 1 aromatic carbocycles. The van der Waals surface area contributed by atoms with Gasteiger partial charge in [0.05, 0.1) is 5.92 Å². The Morgan fingerprint density at radius 3 is 2.52 bits per heavy atom. The van der Waals surface area contributed by atoms with Gasteiger partial charge in [-0.2, -0.15) is 0 Å². The molecule has 0 saturated heterocycles. The van der Waals surface area contributed by atoms with Crippen LogP contribution >= 0.6 is 0 Å². The van der Waals surface area contributed by atoms with Crippen LogP contribution < -0.4 is 10.1 Å². The van der Waals surface area contributed by atoms with Crippen molar-refractivity contribution in [3.8, 4) is 5.75 Å². The molecule has 0 aliphatic carbocycles. The van der Waals surface area contributed by atoms with Crippen LogP contribution in [0.5, 0.6) is 5.75 Å². The second-order valence-corrected chi connectivity index (χ2v) is 5.58. The van der Waals surface area contributed by atoms with Gasteiger partial charge in [0.1, 0.15) is 5.75 Å². The molecular weight excluding hydrogens is 283 g/mol. The van der Waals surface area contributed by atoms with Gasteiger partial charge in [-0.15, -0.1) is 13.2 Å². The number of nitrogens with one attached hydrogen (secondary N) is 1. The predicted octanol–water partition coefficient (Wildman–Crippen LogP) is 4.30. The first kappa shape index (κ1) is 15.7. The number of alkyl halides is 3. The smallest absolute Gasteiger partial charge is 0.406 e. The Kier molecular flexibility index (Phi) is 4.16. The second-order valence-electron chi connectivity index (χ2n) is 5.58. The van der Waals surface area contributed by atoms with Crippen molar-refractivity contribution in [3.63, 3.8) is 0 Å². The van der Waals surface area contributed by atoms with E-state index >= 15 is 0 Å². The Morgan fingerprint density at radius 1 is 1.33 bits per heavy atom. The van der Waals surface area contributed by atoms with Gasteiger partial charge in [-0.05, 0) is 35.6 Å². The number of hydrogen-bond donors (Lipinski definition) is 1. The quantitative estimate of drug-likeness (QED) is 0.900. The summed E-state index contributed by atoms with van der Waals surface area (Å²) in [5.41, 5.74) is 1.15. The van der Waals surface area contributed by atoms with Crippen LogP contribution in [0.4, 0.5) is 18.9 Å². The Morgan fingerprint density at radius 2 is 2.00 bits per heavy atom. The number of ether oxygens (including phenoxy) is 1. The number of carbonyl (C=O) groups is 1. The Labute approximate surface area is 121 Å². The second kappa shape index (κ2) is 5.58. The highest BCUT2D eigenvalue weighted by atomic mass is 19.4. The SMILES string of the molecule is CCC(C(C)C)C1C(=O)Nc2ccc(OC(F)(F)F)cc21. The van der Waals surface area contributed by atoms with E-state index in [1.54, 1.807) is 0 Å². The summed E-state index contributed by atoms with van der Waals surface area (Å²) in [6.07, 6.45) is -3.96. The fourth-order valence-corrected chi connectivity index (χ4v) is 2.98. The molecular formula is C15H18F3NO2. The molecule has 3 nitrogen and oxygen atoms in total. The van der Waals surface area contributed by atoms with Gasteiger partial charge in [-0.25, -0.2) is 0 Å². The lowest BCUT2D eigenvalue weighted by Gasteiger charge is -2.24. The molecule has 1 heterocycles. The highest BCUT2D eigenvalue weighted by molar-refractivity contribution is 6.03. The van der Waals surface area contributed by atoms with Crippen LogP contribution in [0.25, 0.3) is 0 Å². The van der Waals surface area contributed by atoms with Gasteiger partial charge >= 0.3 is 6.36 Å². The molecule has 1 aliphatic heterocycles. The standard InChI is InChI=1S/C15H18F3NO2/c1-4-10(8(2)3)13-11-7-9(21-15(16,17)18)5-6-12(11)19-14(13)20/h5-8,10,13H,4H2,1-3H3,(H,19,20). The lowest BCUT2D eigenvalue weighted by molar-refractivity contribution is -0.274. The first-order valence-electron chi connectivity index (χ1n) is 6.93. The molecule has 0 spiro atoms. The van der Waals surface area contributed by atoms with Gasteiger partial charge in [0.25, 0.3) is 0 Å². The molecule has 0 aromatic heterocycles. The lowest BCUT2D eigenvalue weighted by Crippen LogP contribution is -2.24. The van der Waals surface area contributed by atoms with Gasteiger partial charge in [-0.1, -0.05) is 27.2 Å². The van der Waals surface area contributed by atoms with E-state index in [4.69, 9.17) is 0 Å². The monoisotopic (exact) mass is 301 g/mol. The molecule has 2 unspecified atom stereocenters. The number of rotatable bonds is 4. The molecule has 0 fully saturated rings. The van der Waals surface area contributed by atoms with E-state index in [-0.39, 0.29) is 23.5 Å². The minimum Gasteiger partial charge on any atom is -0.406 e. The van der Waals surface area contributed by atoms with Crippen molar-refractivity contribution in [2.24, 2.45) is 11.8 Å². The summed E-state index contributed by atoms with van der Waals surface area (Å²) in [7, 11) is 0. The molecule has 1 amide bonds. The van der Waals surface area contributed by atoms with E-state index in [0.29, 0.717) is 11.3 Å². The summed E-state index contributed by atoms with van der Waals surface area (Å²) in [4.78, 5) is 12.2. The van der Waals surface area contributed by atoms with Crippen molar-refractivity contribution in [3.05, 3.63) is 23.8 Å². The first-order valence-corrected chi connectivity index (χ1v) is 6.93. The normalized spacial score (nSPS) is 19.4. The minimum absolute atomic E-state index is 0.0763. The Bertz CT molecular complexity index is 540. The topological polar surface area (TPSA) is 38.3 Å². The van der Waals surface area contributed by atoms with E-state index in [1.165, 1.54) is 18.2 Å². The molecule has 1 N–H and O–H groups in total. The highest BCUT2D eigenvalue weighted by Gasteiger charge is 2.38. The van der Waals surface area contributed by atoms with Gasteiger partial charge < -0.3 is 10.1 Å². The van der Waals surface area contributed by atoms with Gasteiger partial charge in [0.15, 0.2) is 0 Å². The number of fused-ring (bicyclic) bond motifs is 1. The molecule has 0 saturated carbocycles. The Hall–Kier alpha value is -1.72. The van der Waals surface area contributed by atoms with Crippen LogP contribution in [0.1, 0.15) is 38.7 Å². The third-order valence-electron chi connectivity index (χ3n) is 3.89. The van der Waals surface area contributed by atoms with Crippen LogP contribution in [0.15, 0.2) is 18.2 Å². The average Bonchev–Trinajstić information content (AvgIpc) is 2.65. The number of benzene rings is 1. The number of hydrogen-bond acceptors (Lipinski definition) is 2. The molecule has 2 atom stereocenters. The molecule has 21 heavy (non-hydrogen) atoms. The van der Waals surface area contributed by atoms with Crippen LogP contribution in [-0.4, -0.2) is 12.3 Å². The maximum absolute atomic E-state index is 12.3. The number of halogens is 3. The average molecular weight is 301 g/mol. The fraction of sp³-hybridized carbons (Fsp3) is 0.533. The van der Waals surface area contributed by atoms with Crippen LogP contribution in [0.2, 0.25) is 0 Å². The lowest BCUT2D eigenvalue weighted by atomic mass is 9.78. The Balaban J connectivity index is 2.37. The molecule has 2 rings (SSSR count). The van der Waals surface area contributed by atoms with Crippen LogP contribution in [0, 0.1) is 11.8 Å². The van der Waals surface area contributed by atoms with E-state index in [1.807, 2.05) is 20.8 Å². The highest BCUT2D eigenvalue weighted by Crippen LogP contribution is 2.43. The molecule has 116 valence electrons. The summed E-state index contributed by atoms with van der Waals surface area (Å²) in [5.74, 6) is -0.547. The molecule has 6 heteroatoms. The van der Waals surface area contributed by atoms with Gasteiger partial charge in [0.2, 0.25) is 5.91 Å². The number of carbonyl (C=O) groups excluding carboxylic acids is 1. The zero-order valence-electron chi connectivity index (χ0n) is 12.1. The summed E-state index contributed by atoms with van der Waals surface area (Å²) in [6.45, 7) is 6.00. The third-order valence-corrected chi connectivity index (χ3v) is 3.89. The van der Waals surface area contributed by atoms with Gasteiger partial charge in [-0.3, -0.25) is 4.79 Å². The van der Waals surface area contributed by atoms with E-state index in [9.17, 15) is 18.0 Å². The van der Waals surface area contributed by atoms with Crippen LogP contribution in [-0.2, 0) is 4.79 Å². The van der Waals surface area contributed by atoms with Crippen molar-refractivity contribution < 1.29 is 22.7 Å². The maximum atomic E-state index is 12.3. The summed E-state index contributed by atoms with van der Waals surface area (Å²) in [6, 6.07) is 3.99. The predicted molar refractivity (Wildman–Crippen MR) is 73.1 cm³/mol. The van der Waals surface area contributed by atoms with Gasteiger partial charge in [0, 0.05) is 5.69 Å². The molecule has 0 radical (unpaired) electrons. The number of amides is 1. The zero-order valence-corrected chi connectivity index (χ0v) is 12.1. The molecule has 0 bridgehead atoms. The van der Waals surface area contributed by atoms with Crippen molar-refractivity contribution in [1.82, 2.24) is 0 Å². The van der Waals surface area contributed by atoms with Crippen molar-refractivity contribution in [2.75, 3.05) is 5.32 Å². The third kappa shape index (κ3) is 3.31. The summed E-state index contributed by atoms with van der Waals surface area (Å²) >= 11 is 0. The largest absolute Gasteiger partial charge is 0.573 e. The van der Waals surface area contributed by atoms with Crippen molar-refractivity contribution in [2.45, 2.75) is 39.5 Å². The van der Waals surface area contributed by atoms with Crippen LogP contribution in [0.3, 0.4) is 0 Å². The summed E-state index contributed by atoms with van der Waals surface area (Å²) < 4.78 is 40.9. The van der Waals surface area contributed by atoms with Crippen molar-refractivity contribution in [1.29, 1.82) is 0 Å². The zero-order chi connectivity index (χ0) is 15.8.